The third-order valence-corrected chi connectivity index (χ3v) is 11.7. The lowest BCUT2D eigenvalue weighted by Gasteiger charge is -2.38. The average molecular weight is 589 g/mol. The molecule has 0 spiro atoms. The van der Waals surface area contributed by atoms with Gasteiger partial charge in [-0.2, -0.15) is 0 Å². The second-order valence-electron chi connectivity index (χ2n) is 14.3. The van der Waals surface area contributed by atoms with Gasteiger partial charge in [0.1, 0.15) is 0 Å². The number of allylic oxidation sites excluding steroid dienone is 6. The molecule has 0 aromatic carbocycles. The van der Waals surface area contributed by atoms with Crippen LogP contribution in [-0.2, 0) is 0 Å². The van der Waals surface area contributed by atoms with Gasteiger partial charge in [0.25, 0.3) is 0 Å². The summed E-state index contributed by atoms with van der Waals surface area (Å²) in [7, 11) is 0. The number of alkyl halides is 1. The monoisotopic (exact) mass is 588 g/mol. The molecule has 8 unspecified atom stereocenters. The van der Waals surface area contributed by atoms with Crippen LogP contribution in [0.3, 0.4) is 0 Å². The number of thioether (sulfide) groups is 1. The van der Waals surface area contributed by atoms with Gasteiger partial charge < -0.3 is 10.6 Å². The van der Waals surface area contributed by atoms with Crippen molar-refractivity contribution in [3.05, 3.63) is 47.1 Å². The number of fused-ring (bicyclic) bond motifs is 1. The molecule has 40 heavy (non-hydrogen) atoms. The van der Waals surface area contributed by atoms with Gasteiger partial charge in [0.15, 0.2) is 0 Å². The second-order valence-corrected chi connectivity index (χ2v) is 16.1. The first-order valence-electron chi connectivity index (χ1n) is 16.5. The highest BCUT2D eigenvalue weighted by atomic mass is 35.5. The van der Waals surface area contributed by atoms with E-state index in [0.29, 0.717) is 23.1 Å². The Morgan fingerprint density at radius 1 is 1.18 bits per heavy atom. The summed E-state index contributed by atoms with van der Waals surface area (Å²) in [6.07, 6.45) is 23.8. The first-order chi connectivity index (χ1) is 19.0. The summed E-state index contributed by atoms with van der Waals surface area (Å²) < 4.78 is 0. The molecule has 0 bridgehead atoms. The molecule has 8 atom stereocenters. The van der Waals surface area contributed by atoms with Crippen LogP contribution in [-0.4, -0.2) is 22.8 Å². The van der Waals surface area contributed by atoms with Gasteiger partial charge in [-0.15, -0.1) is 23.4 Å². The second kappa shape index (κ2) is 16.3. The van der Waals surface area contributed by atoms with E-state index in [1.165, 1.54) is 57.8 Å². The van der Waals surface area contributed by atoms with Crippen molar-refractivity contribution >= 4 is 23.4 Å². The van der Waals surface area contributed by atoms with Crippen LogP contribution in [0.5, 0.6) is 0 Å². The van der Waals surface area contributed by atoms with E-state index in [9.17, 15) is 0 Å². The van der Waals surface area contributed by atoms with Gasteiger partial charge in [-0.1, -0.05) is 89.8 Å². The van der Waals surface area contributed by atoms with E-state index in [4.69, 9.17) is 11.6 Å². The van der Waals surface area contributed by atoms with E-state index in [0.717, 1.165) is 36.9 Å². The summed E-state index contributed by atoms with van der Waals surface area (Å²) in [4.78, 5) is 1.61. The molecule has 0 aliphatic heterocycles. The van der Waals surface area contributed by atoms with Gasteiger partial charge in [0, 0.05) is 29.1 Å². The van der Waals surface area contributed by atoms with Crippen LogP contribution in [0, 0.1) is 35.5 Å². The Morgan fingerprint density at radius 3 is 2.60 bits per heavy atom. The smallest absolute Gasteiger partial charge is 0.0791 e. The molecule has 3 aliphatic carbocycles. The zero-order chi connectivity index (χ0) is 29.3. The summed E-state index contributed by atoms with van der Waals surface area (Å²) in [6, 6.07) is 0. The molecule has 0 radical (unpaired) electrons. The van der Waals surface area contributed by atoms with Crippen LogP contribution < -0.4 is 10.6 Å². The van der Waals surface area contributed by atoms with Crippen LogP contribution in [0.25, 0.3) is 0 Å². The maximum absolute atomic E-state index is 6.94. The van der Waals surface area contributed by atoms with E-state index >= 15 is 0 Å². The predicted octanol–water partition coefficient (Wildman–Crippen LogP) is 10.6. The molecular formula is C36H61ClN2S. The molecule has 4 heteroatoms. The van der Waals surface area contributed by atoms with Gasteiger partial charge in [-0.25, -0.2) is 0 Å². The lowest BCUT2D eigenvalue weighted by atomic mass is 9.73. The lowest BCUT2D eigenvalue weighted by molar-refractivity contribution is 0.230. The molecule has 3 aliphatic rings. The minimum absolute atomic E-state index is 0.107. The molecule has 228 valence electrons. The van der Waals surface area contributed by atoms with Crippen molar-refractivity contribution in [1.82, 2.24) is 10.6 Å². The van der Waals surface area contributed by atoms with Crippen LogP contribution in [0.15, 0.2) is 47.1 Å². The minimum Gasteiger partial charge on any atom is -0.376 e. The molecule has 1 saturated carbocycles. The first kappa shape index (κ1) is 33.9. The van der Waals surface area contributed by atoms with E-state index in [1.54, 1.807) is 10.5 Å². The van der Waals surface area contributed by atoms with Crippen molar-refractivity contribution < 1.29 is 0 Å². The Hall–Kier alpha value is -0.640. The SMILES string of the molecule is C=C(NC(SC1=CCC2CCCCC2C1)C(C)C/C(=C/CCCC)C(C)CNC(C)(C)C)C1CC=CC(C)C1Cl. The van der Waals surface area contributed by atoms with Crippen molar-refractivity contribution in [2.45, 2.75) is 135 Å². The van der Waals surface area contributed by atoms with Crippen LogP contribution in [0.1, 0.15) is 119 Å². The zero-order valence-corrected chi connectivity index (χ0v) is 28.5. The first-order valence-corrected chi connectivity index (χ1v) is 17.9. The molecule has 0 saturated heterocycles. The van der Waals surface area contributed by atoms with E-state index < -0.39 is 0 Å². The highest BCUT2D eigenvalue weighted by molar-refractivity contribution is 8.03. The molecule has 3 rings (SSSR count). The number of unbranched alkanes of at least 4 members (excludes halogenated alkanes) is 2. The standard InChI is InChI=1S/C36H61ClN2S/c1-9-10-11-17-30(27(4)24-38-36(6,7)8)22-26(3)35(39-28(5)33-19-14-15-25(2)34(33)37)40-32-21-20-29-16-12-13-18-31(29)23-32/h14-15,17,21,25-27,29,31,33-35,38-39H,5,9-13,16,18-20,22-24H2,1-4,6-8H3/b30-17-. The van der Waals surface area contributed by atoms with Crippen LogP contribution >= 0.6 is 23.4 Å². The predicted molar refractivity (Wildman–Crippen MR) is 181 cm³/mol. The highest BCUT2D eigenvalue weighted by Crippen LogP contribution is 2.45. The van der Waals surface area contributed by atoms with E-state index in [1.807, 2.05) is 0 Å². The van der Waals surface area contributed by atoms with Gasteiger partial charge in [-0.05, 0) is 100 Å². The molecule has 2 nitrogen and oxygen atoms in total. The van der Waals surface area contributed by atoms with Crippen molar-refractivity contribution in [3.63, 3.8) is 0 Å². The molecule has 0 heterocycles. The fourth-order valence-corrected chi connectivity index (χ4v) is 8.46. The number of hydrogen-bond acceptors (Lipinski definition) is 3. The molecule has 1 fully saturated rings. The Morgan fingerprint density at radius 2 is 1.90 bits per heavy atom. The Bertz CT molecular complexity index is 884. The van der Waals surface area contributed by atoms with Crippen molar-refractivity contribution in [3.8, 4) is 0 Å². The summed E-state index contributed by atoms with van der Waals surface area (Å²) in [5.74, 6) is 3.51. The molecular weight excluding hydrogens is 528 g/mol. The fourth-order valence-electron chi connectivity index (χ4n) is 6.75. The Labute approximate surface area is 257 Å². The average Bonchev–Trinajstić information content (AvgIpc) is 2.91. The highest BCUT2D eigenvalue weighted by Gasteiger charge is 2.33. The van der Waals surface area contributed by atoms with Crippen molar-refractivity contribution in [1.29, 1.82) is 0 Å². The molecule has 0 aromatic rings. The van der Waals surface area contributed by atoms with Gasteiger partial charge in [-0.3, -0.25) is 0 Å². The minimum atomic E-state index is 0.107. The quantitative estimate of drug-likeness (QED) is 0.0913. The number of halogens is 1. The maximum Gasteiger partial charge on any atom is 0.0791 e. The Kier molecular flexibility index (Phi) is 13.8. The number of rotatable bonds is 14. The summed E-state index contributed by atoms with van der Waals surface area (Å²) in [5, 5.41) is 8.17. The normalized spacial score (nSPS) is 29.8. The molecule has 2 N–H and O–H groups in total. The Balaban J connectivity index is 1.77. The topological polar surface area (TPSA) is 24.1 Å². The van der Waals surface area contributed by atoms with Crippen molar-refractivity contribution in [2.75, 3.05) is 6.54 Å². The molecule has 0 aromatic heterocycles. The number of hydrogen-bond donors (Lipinski definition) is 2. The maximum atomic E-state index is 6.94. The van der Waals surface area contributed by atoms with Crippen LogP contribution in [0.4, 0.5) is 0 Å². The van der Waals surface area contributed by atoms with Gasteiger partial charge >= 0.3 is 0 Å². The molecule has 0 amide bonds. The van der Waals surface area contributed by atoms with E-state index in [-0.39, 0.29) is 16.8 Å². The third-order valence-electron chi connectivity index (χ3n) is 9.56. The summed E-state index contributed by atoms with van der Waals surface area (Å²) in [6.45, 7) is 21.8. The largest absolute Gasteiger partial charge is 0.376 e. The summed E-state index contributed by atoms with van der Waals surface area (Å²) >= 11 is 9.05. The fraction of sp³-hybridized carbons (Fsp3) is 0.778. The summed E-state index contributed by atoms with van der Waals surface area (Å²) in [5.41, 5.74) is 2.89. The van der Waals surface area contributed by atoms with Gasteiger partial charge in [0.2, 0.25) is 0 Å². The van der Waals surface area contributed by atoms with Crippen LogP contribution in [0.2, 0.25) is 0 Å². The van der Waals surface area contributed by atoms with Gasteiger partial charge in [0.05, 0.1) is 5.37 Å². The zero-order valence-electron chi connectivity index (χ0n) is 26.9. The third kappa shape index (κ3) is 10.6. The lowest BCUT2D eigenvalue weighted by Crippen LogP contribution is -2.40. The van der Waals surface area contributed by atoms with Crippen molar-refractivity contribution in [2.24, 2.45) is 35.5 Å². The number of nitrogens with one attached hydrogen (secondary N) is 2. The van der Waals surface area contributed by atoms with E-state index in [2.05, 4.69) is 102 Å².